The minimum Gasteiger partial charge on any atom is -0.462 e. The van der Waals surface area contributed by atoms with Gasteiger partial charge in [0.25, 0.3) is 0 Å². The average Bonchev–Trinajstić information content (AvgIpc) is 2.32. The van der Waals surface area contributed by atoms with Crippen molar-refractivity contribution in [3.63, 3.8) is 0 Å². The summed E-state index contributed by atoms with van der Waals surface area (Å²) < 4.78 is 5.68. The first-order valence-electron chi connectivity index (χ1n) is 7.02. The molecule has 0 saturated heterocycles. The highest BCUT2D eigenvalue weighted by Crippen LogP contribution is 2.30. The van der Waals surface area contributed by atoms with E-state index in [4.69, 9.17) is 4.74 Å². The summed E-state index contributed by atoms with van der Waals surface area (Å²) in [5.74, 6) is 1.39. The van der Waals surface area contributed by atoms with Crippen molar-refractivity contribution in [3.05, 3.63) is 12.2 Å². The highest BCUT2D eigenvalue weighted by atomic mass is 16.5. The van der Waals surface area contributed by atoms with Crippen LogP contribution in [-0.2, 0) is 9.53 Å². The molecule has 0 heterocycles. The molecule has 2 aliphatic rings. The van der Waals surface area contributed by atoms with Crippen molar-refractivity contribution in [1.29, 1.82) is 0 Å². The molecule has 2 nitrogen and oxygen atoms in total. The van der Waals surface area contributed by atoms with Gasteiger partial charge in [0, 0.05) is 0 Å². The van der Waals surface area contributed by atoms with Gasteiger partial charge < -0.3 is 4.74 Å². The number of esters is 1. The Morgan fingerprint density at radius 3 is 2.35 bits per heavy atom. The molecule has 0 aromatic heterocycles. The van der Waals surface area contributed by atoms with Crippen LogP contribution in [0.15, 0.2) is 12.2 Å². The largest absolute Gasteiger partial charge is 0.462 e. The van der Waals surface area contributed by atoms with E-state index in [0.29, 0.717) is 5.92 Å². The fourth-order valence-electron chi connectivity index (χ4n) is 2.88. The molecule has 0 aromatic rings. The number of allylic oxidation sites excluding steroid dienone is 2. The highest BCUT2D eigenvalue weighted by molar-refractivity contribution is 5.73. The van der Waals surface area contributed by atoms with Crippen LogP contribution in [0.5, 0.6) is 0 Å². The third-order valence-electron chi connectivity index (χ3n) is 4.30. The first-order valence-corrected chi connectivity index (χ1v) is 7.02. The number of rotatable bonds is 2. The van der Waals surface area contributed by atoms with Gasteiger partial charge in [-0.05, 0) is 50.4 Å². The molecule has 1 saturated carbocycles. The predicted octanol–water partition coefficient (Wildman–Crippen LogP) is 3.71. The van der Waals surface area contributed by atoms with Crippen molar-refractivity contribution in [2.75, 3.05) is 0 Å². The summed E-state index contributed by atoms with van der Waals surface area (Å²) in [6.45, 7) is 4.43. The molecular weight excluding hydrogens is 212 g/mol. The Hall–Kier alpha value is -0.790. The van der Waals surface area contributed by atoms with Gasteiger partial charge in [0.15, 0.2) is 0 Å². The van der Waals surface area contributed by atoms with Crippen molar-refractivity contribution in [2.45, 2.75) is 58.5 Å². The fraction of sp³-hybridized carbons (Fsp3) is 0.800. The highest BCUT2D eigenvalue weighted by Gasteiger charge is 2.30. The van der Waals surface area contributed by atoms with E-state index < -0.39 is 0 Å². The maximum absolute atomic E-state index is 12.1. The molecule has 1 fully saturated rings. The van der Waals surface area contributed by atoms with Gasteiger partial charge in [-0.3, -0.25) is 4.79 Å². The summed E-state index contributed by atoms with van der Waals surface area (Å²) >= 11 is 0. The topological polar surface area (TPSA) is 26.3 Å². The van der Waals surface area contributed by atoms with E-state index in [1.165, 1.54) is 12.8 Å². The summed E-state index contributed by atoms with van der Waals surface area (Å²) in [5, 5.41) is 0. The summed E-state index contributed by atoms with van der Waals surface area (Å²) in [6, 6.07) is 0. The van der Waals surface area contributed by atoms with E-state index in [9.17, 15) is 4.79 Å². The molecule has 0 bridgehead atoms. The lowest BCUT2D eigenvalue weighted by Crippen LogP contribution is -2.31. The molecule has 2 aliphatic carbocycles. The van der Waals surface area contributed by atoms with Crippen molar-refractivity contribution < 1.29 is 9.53 Å². The summed E-state index contributed by atoms with van der Waals surface area (Å²) in [5.41, 5.74) is 0. The smallest absolute Gasteiger partial charge is 0.309 e. The van der Waals surface area contributed by atoms with E-state index in [-0.39, 0.29) is 18.0 Å². The van der Waals surface area contributed by atoms with Gasteiger partial charge in [0.1, 0.15) is 6.10 Å². The van der Waals surface area contributed by atoms with E-state index in [1.807, 2.05) is 0 Å². The second kappa shape index (κ2) is 5.70. The van der Waals surface area contributed by atoms with Gasteiger partial charge in [-0.1, -0.05) is 26.0 Å². The molecule has 0 radical (unpaired) electrons. The molecular formula is C15H24O2. The molecule has 0 spiro atoms. The molecule has 17 heavy (non-hydrogen) atoms. The molecule has 0 aliphatic heterocycles. The van der Waals surface area contributed by atoms with Gasteiger partial charge in [-0.2, -0.15) is 0 Å². The van der Waals surface area contributed by atoms with E-state index >= 15 is 0 Å². The van der Waals surface area contributed by atoms with Gasteiger partial charge in [0.05, 0.1) is 5.92 Å². The lowest BCUT2D eigenvalue weighted by atomic mass is 9.84. The Labute approximate surface area is 104 Å². The van der Waals surface area contributed by atoms with E-state index in [0.717, 1.165) is 31.6 Å². The Balaban J connectivity index is 1.82. The van der Waals surface area contributed by atoms with E-state index in [2.05, 4.69) is 26.0 Å². The standard InChI is InChI=1S/C15H24O2/c1-11-7-9-13(10-8-11)17-15(16)14-6-4-3-5-12(14)2/h3-4,11-14H,5-10H2,1-2H3/t11?,12-,13?,14+/m1/s1. The van der Waals surface area contributed by atoms with Crippen LogP contribution in [0, 0.1) is 17.8 Å². The average molecular weight is 236 g/mol. The van der Waals surface area contributed by atoms with Crippen molar-refractivity contribution in [1.82, 2.24) is 0 Å². The van der Waals surface area contributed by atoms with Crippen LogP contribution in [0.2, 0.25) is 0 Å². The van der Waals surface area contributed by atoms with Crippen LogP contribution < -0.4 is 0 Å². The fourth-order valence-corrected chi connectivity index (χ4v) is 2.88. The normalized spacial score (nSPS) is 37.8. The molecule has 2 rings (SSSR count). The first-order chi connectivity index (χ1) is 8.16. The first kappa shape index (κ1) is 12.7. The monoisotopic (exact) mass is 236 g/mol. The van der Waals surface area contributed by atoms with Gasteiger partial charge in [-0.15, -0.1) is 0 Å². The molecule has 96 valence electrons. The zero-order chi connectivity index (χ0) is 12.3. The summed E-state index contributed by atoms with van der Waals surface area (Å²) in [6.07, 6.45) is 10.9. The van der Waals surface area contributed by atoms with Crippen LogP contribution >= 0.6 is 0 Å². The maximum Gasteiger partial charge on any atom is 0.309 e. The minimum absolute atomic E-state index is 0.0430. The van der Waals surface area contributed by atoms with Gasteiger partial charge in [0.2, 0.25) is 0 Å². The van der Waals surface area contributed by atoms with Crippen LogP contribution in [0.25, 0.3) is 0 Å². The van der Waals surface area contributed by atoms with Gasteiger partial charge >= 0.3 is 5.97 Å². The van der Waals surface area contributed by atoms with Crippen LogP contribution in [0.3, 0.4) is 0 Å². The molecule has 2 atom stereocenters. The Morgan fingerprint density at radius 2 is 1.71 bits per heavy atom. The quantitative estimate of drug-likeness (QED) is 0.539. The van der Waals surface area contributed by atoms with E-state index in [1.54, 1.807) is 0 Å². The second-order valence-corrected chi connectivity index (χ2v) is 5.85. The predicted molar refractivity (Wildman–Crippen MR) is 68.5 cm³/mol. The zero-order valence-corrected chi connectivity index (χ0v) is 11.0. The molecule has 0 unspecified atom stereocenters. The summed E-state index contributed by atoms with van der Waals surface area (Å²) in [7, 11) is 0. The number of hydrogen-bond acceptors (Lipinski definition) is 2. The number of ether oxygens (including phenoxy) is 1. The Morgan fingerprint density at radius 1 is 1.06 bits per heavy atom. The third kappa shape index (κ3) is 3.34. The van der Waals surface area contributed by atoms with Crippen LogP contribution in [-0.4, -0.2) is 12.1 Å². The number of carbonyl (C=O) groups is 1. The lowest BCUT2D eigenvalue weighted by molar-refractivity contribution is -0.157. The van der Waals surface area contributed by atoms with Crippen LogP contribution in [0.1, 0.15) is 52.4 Å². The van der Waals surface area contributed by atoms with Crippen LogP contribution in [0.4, 0.5) is 0 Å². The zero-order valence-electron chi connectivity index (χ0n) is 11.0. The Bertz CT molecular complexity index is 287. The van der Waals surface area contributed by atoms with Crippen molar-refractivity contribution in [2.24, 2.45) is 17.8 Å². The molecule has 0 aromatic carbocycles. The molecule has 2 heteroatoms. The van der Waals surface area contributed by atoms with Crippen molar-refractivity contribution in [3.8, 4) is 0 Å². The molecule has 0 N–H and O–H groups in total. The number of hydrogen-bond donors (Lipinski definition) is 0. The second-order valence-electron chi connectivity index (χ2n) is 5.85. The third-order valence-corrected chi connectivity index (χ3v) is 4.30. The SMILES string of the molecule is CC1CCC(OC(=O)[C@H]2CC=CC[C@H]2C)CC1. The maximum atomic E-state index is 12.1. The summed E-state index contributed by atoms with van der Waals surface area (Å²) in [4.78, 5) is 12.1. The van der Waals surface area contributed by atoms with Gasteiger partial charge in [-0.25, -0.2) is 0 Å². The van der Waals surface area contributed by atoms with Crippen molar-refractivity contribution >= 4 is 5.97 Å². The number of carbonyl (C=O) groups excluding carboxylic acids is 1. The Kier molecular flexibility index (Phi) is 4.25. The minimum atomic E-state index is 0.0430. The molecule has 0 amide bonds. The lowest BCUT2D eigenvalue weighted by Gasteiger charge is -2.29.